The van der Waals surface area contributed by atoms with E-state index in [2.05, 4.69) is 159 Å². The highest BCUT2D eigenvalue weighted by molar-refractivity contribution is 6.23. The van der Waals surface area contributed by atoms with E-state index < -0.39 is 0 Å². The van der Waals surface area contributed by atoms with Crippen LogP contribution in [-0.2, 0) is 0 Å². The van der Waals surface area contributed by atoms with E-state index in [0.717, 1.165) is 94.6 Å². The molecule has 0 aliphatic carbocycles. The number of para-hydroxylation sites is 3. The second-order valence-electron chi connectivity index (χ2n) is 14.3. The van der Waals surface area contributed by atoms with Gasteiger partial charge in [-0.05, 0) is 60.7 Å². The number of aromatic nitrogens is 5. The predicted molar refractivity (Wildman–Crippen MR) is 228 cm³/mol. The third kappa shape index (κ3) is 4.44. The lowest BCUT2D eigenvalue weighted by atomic mass is 10.1. The summed E-state index contributed by atoms with van der Waals surface area (Å²) in [6, 6.07) is 66.2. The first-order valence-corrected chi connectivity index (χ1v) is 18.8. The quantitative estimate of drug-likeness (QED) is 0.178. The Morgan fingerprint density at radius 2 is 0.875 bits per heavy atom. The number of furan rings is 1. The summed E-state index contributed by atoms with van der Waals surface area (Å²) in [5.74, 6) is 1.58. The molecule has 0 radical (unpaired) electrons. The number of hydrogen-bond donors (Lipinski definition) is 0. The van der Waals surface area contributed by atoms with E-state index in [1.54, 1.807) is 0 Å². The van der Waals surface area contributed by atoms with Crippen LogP contribution < -0.4 is 0 Å². The van der Waals surface area contributed by atoms with Crippen molar-refractivity contribution in [1.82, 2.24) is 23.9 Å². The van der Waals surface area contributed by atoms with Crippen molar-refractivity contribution >= 4 is 65.6 Å². The van der Waals surface area contributed by atoms with Gasteiger partial charge >= 0.3 is 0 Å². The van der Waals surface area contributed by atoms with E-state index in [1.165, 1.54) is 10.8 Å². The molecule has 6 nitrogen and oxygen atoms in total. The zero-order valence-electron chi connectivity index (χ0n) is 30.0. The van der Waals surface area contributed by atoms with Crippen LogP contribution in [-0.4, -0.2) is 23.9 Å². The first-order chi connectivity index (χ1) is 27.8. The van der Waals surface area contributed by atoms with Gasteiger partial charge in [-0.15, -0.1) is 10.2 Å². The fourth-order valence-electron chi connectivity index (χ4n) is 8.74. The lowest BCUT2D eigenvalue weighted by molar-refractivity contribution is 0.673. The molecule has 0 spiro atoms. The maximum absolute atomic E-state index is 6.59. The van der Waals surface area contributed by atoms with Gasteiger partial charge in [0, 0.05) is 49.4 Å². The van der Waals surface area contributed by atoms with Crippen molar-refractivity contribution in [3.63, 3.8) is 0 Å². The standard InChI is InChI=1S/C50H31N5O/c1-3-14-32(15-4-1)49-51-52-50(33-16-5-2-6-17-33)55(49)36-26-27-38-37-20-7-10-23-42(37)54(45(38)31-36)35-19-13-18-34(30-35)53-43-24-11-8-22-41(43)47-44(53)29-28-40-39-21-9-12-25-46(39)56-48(40)47/h1-31H. The molecule has 0 bridgehead atoms. The molecule has 0 saturated carbocycles. The third-order valence-corrected chi connectivity index (χ3v) is 11.2. The average Bonchev–Trinajstić information content (AvgIpc) is 4.03. The lowest BCUT2D eigenvalue weighted by Crippen LogP contribution is -2.02. The molecular weight excluding hydrogens is 687 g/mol. The van der Waals surface area contributed by atoms with Gasteiger partial charge < -0.3 is 13.6 Å². The Labute approximate surface area is 320 Å². The molecule has 12 rings (SSSR count). The van der Waals surface area contributed by atoms with Gasteiger partial charge in [0.2, 0.25) is 0 Å². The van der Waals surface area contributed by atoms with Crippen molar-refractivity contribution in [1.29, 1.82) is 0 Å². The number of fused-ring (bicyclic) bond motifs is 10. The average molecular weight is 718 g/mol. The van der Waals surface area contributed by atoms with E-state index in [4.69, 9.17) is 14.6 Å². The molecule has 0 aliphatic rings. The number of benzene rings is 8. The number of hydrogen-bond acceptors (Lipinski definition) is 3. The van der Waals surface area contributed by atoms with Crippen LogP contribution in [0.5, 0.6) is 0 Å². The van der Waals surface area contributed by atoms with Crippen LogP contribution in [0, 0.1) is 0 Å². The van der Waals surface area contributed by atoms with E-state index in [0.29, 0.717) is 0 Å². The summed E-state index contributed by atoms with van der Waals surface area (Å²) in [5, 5.41) is 16.4. The maximum Gasteiger partial charge on any atom is 0.168 e. The molecule has 6 heteroatoms. The number of rotatable bonds is 5. The summed E-state index contributed by atoms with van der Waals surface area (Å²) >= 11 is 0. The van der Waals surface area contributed by atoms with Gasteiger partial charge in [-0.3, -0.25) is 4.57 Å². The largest absolute Gasteiger partial charge is 0.455 e. The molecule has 12 aromatic rings. The first-order valence-electron chi connectivity index (χ1n) is 18.8. The summed E-state index contributed by atoms with van der Waals surface area (Å²) in [6.45, 7) is 0. The molecule has 0 fully saturated rings. The Balaban J connectivity index is 1.10. The minimum Gasteiger partial charge on any atom is -0.455 e. The molecule has 0 unspecified atom stereocenters. The molecule has 8 aromatic carbocycles. The minimum atomic E-state index is 0.790. The highest BCUT2D eigenvalue weighted by Gasteiger charge is 2.22. The van der Waals surface area contributed by atoms with Crippen molar-refractivity contribution in [3.8, 4) is 39.8 Å². The van der Waals surface area contributed by atoms with Crippen LogP contribution in [0.2, 0.25) is 0 Å². The van der Waals surface area contributed by atoms with E-state index in [1.807, 2.05) is 42.5 Å². The molecule has 0 atom stereocenters. The molecule has 4 heterocycles. The van der Waals surface area contributed by atoms with Gasteiger partial charge in [0.25, 0.3) is 0 Å². The normalized spacial score (nSPS) is 11.9. The highest BCUT2D eigenvalue weighted by atomic mass is 16.3. The maximum atomic E-state index is 6.59. The smallest absolute Gasteiger partial charge is 0.168 e. The molecule has 0 saturated heterocycles. The van der Waals surface area contributed by atoms with Gasteiger partial charge in [0.05, 0.1) is 33.1 Å². The van der Waals surface area contributed by atoms with Crippen LogP contribution in [0.3, 0.4) is 0 Å². The molecule has 262 valence electrons. The van der Waals surface area contributed by atoms with Crippen molar-refractivity contribution in [2.24, 2.45) is 0 Å². The molecule has 4 aromatic heterocycles. The van der Waals surface area contributed by atoms with E-state index >= 15 is 0 Å². The molecular formula is C50H31N5O. The fourth-order valence-corrected chi connectivity index (χ4v) is 8.74. The van der Waals surface area contributed by atoms with Gasteiger partial charge in [0.1, 0.15) is 11.2 Å². The summed E-state index contributed by atoms with van der Waals surface area (Å²) < 4.78 is 13.5. The van der Waals surface area contributed by atoms with Gasteiger partial charge in [0.15, 0.2) is 11.6 Å². The Morgan fingerprint density at radius 3 is 1.59 bits per heavy atom. The first kappa shape index (κ1) is 30.7. The van der Waals surface area contributed by atoms with Crippen LogP contribution >= 0.6 is 0 Å². The highest BCUT2D eigenvalue weighted by Crippen LogP contribution is 2.41. The van der Waals surface area contributed by atoms with Crippen molar-refractivity contribution in [2.45, 2.75) is 0 Å². The summed E-state index contributed by atoms with van der Waals surface area (Å²) in [7, 11) is 0. The predicted octanol–water partition coefficient (Wildman–Crippen LogP) is 12.7. The van der Waals surface area contributed by atoms with Crippen molar-refractivity contribution < 1.29 is 4.42 Å². The fraction of sp³-hybridized carbons (Fsp3) is 0. The van der Waals surface area contributed by atoms with Gasteiger partial charge in [-0.2, -0.15) is 0 Å². The topological polar surface area (TPSA) is 53.7 Å². The summed E-state index contributed by atoms with van der Waals surface area (Å²) in [6.07, 6.45) is 0. The SMILES string of the molecule is c1ccc(-c2nnc(-c3ccccc3)n2-c2ccc3c4ccccc4n(-c4cccc(-n5c6ccccc6c6c7oc8ccccc8c7ccc65)c4)c3c2)cc1. The zero-order chi connectivity index (χ0) is 36.7. The second-order valence-corrected chi connectivity index (χ2v) is 14.3. The Bertz CT molecular complexity index is 3420. The van der Waals surface area contributed by atoms with Gasteiger partial charge in [-0.25, -0.2) is 0 Å². The molecule has 0 N–H and O–H groups in total. The lowest BCUT2D eigenvalue weighted by Gasteiger charge is -2.14. The summed E-state index contributed by atoms with van der Waals surface area (Å²) in [5.41, 5.74) is 11.4. The van der Waals surface area contributed by atoms with Crippen molar-refractivity contribution in [2.75, 3.05) is 0 Å². The van der Waals surface area contributed by atoms with E-state index in [-0.39, 0.29) is 0 Å². The second kappa shape index (κ2) is 11.9. The monoisotopic (exact) mass is 717 g/mol. The number of nitrogens with zero attached hydrogens (tertiary/aromatic N) is 5. The van der Waals surface area contributed by atoms with E-state index in [9.17, 15) is 0 Å². The van der Waals surface area contributed by atoms with Crippen LogP contribution in [0.1, 0.15) is 0 Å². The Morgan fingerprint density at radius 1 is 0.339 bits per heavy atom. The van der Waals surface area contributed by atoms with Gasteiger partial charge in [-0.1, -0.05) is 127 Å². The Kier molecular flexibility index (Phi) is 6.53. The zero-order valence-corrected chi connectivity index (χ0v) is 30.0. The summed E-state index contributed by atoms with van der Waals surface area (Å²) in [4.78, 5) is 0. The van der Waals surface area contributed by atoms with Crippen LogP contribution in [0.15, 0.2) is 192 Å². The molecule has 0 aliphatic heterocycles. The van der Waals surface area contributed by atoms with Crippen LogP contribution in [0.25, 0.3) is 105 Å². The van der Waals surface area contributed by atoms with Crippen LogP contribution in [0.4, 0.5) is 0 Å². The van der Waals surface area contributed by atoms with Crippen molar-refractivity contribution in [3.05, 3.63) is 188 Å². The molecule has 56 heavy (non-hydrogen) atoms. The minimum absolute atomic E-state index is 0.790. The third-order valence-electron chi connectivity index (χ3n) is 11.2. The molecule has 0 amide bonds. The Hall–Kier alpha value is -7.70.